The predicted molar refractivity (Wildman–Crippen MR) is 63.6 cm³/mol. The van der Waals surface area contributed by atoms with Gasteiger partial charge in [-0.25, -0.2) is 0 Å². The summed E-state index contributed by atoms with van der Waals surface area (Å²) >= 11 is 0. The third kappa shape index (κ3) is 2.54. The number of rotatable bonds is 3. The van der Waals surface area contributed by atoms with Crippen LogP contribution in [-0.4, -0.2) is 24.8 Å². The molecule has 0 saturated carbocycles. The lowest BCUT2D eigenvalue weighted by atomic mass is 9.95. The summed E-state index contributed by atoms with van der Waals surface area (Å²) in [5.74, 6) is 0.826. The van der Waals surface area contributed by atoms with Crippen LogP contribution in [0.15, 0.2) is 24.3 Å². The van der Waals surface area contributed by atoms with E-state index in [-0.39, 0.29) is 6.04 Å². The first-order valence-corrected chi connectivity index (χ1v) is 5.86. The minimum absolute atomic E-state index is 0.196. The maximum absolute atomic E-state index is 10.2. The number of hydrogen-bond acceptors (Lipinski definition) is 3. The van der Waals surface area contributed by atoms with Gasteiger partial charge < -0.3 is 15.2 Å². The second kappa shape index (κ2) is 5.32. The predicted octanol–water partition coefficient (Wildman–Crippen LogP) is 1.87. The summed E-state index contributed by atoms with van der Waals surface area (Å²) in [5, 5.41) is 13.6. The standard InChI is InChI=1S/C13H19NO2/c1-16-11-7-5-10(6-8-11)13(15)12-4-2-3-9-14-12/h5-8,12-15H,2-4,9H2,1H3. The van der Waals surface area contributed by atoms with Crippen LogP contribution in [0.5, 0.6) is 5.75 Å². The number of aliphatic hydroxyl groups is 1. The number of ether oxygens (including phenoxy) is 1. The molecular weight excluding hydrogens is 202 g/mol. The molecule has 1 aromatic carbocycles. The lowest BCUT2D eigenvalue weighted by molar-refractivity contribution is 0.114. The van der Waals surface area contributed by atoms with Gasteiger partial charge in [-0.15, -0.1) is 0 Å². The molecule has 88 valence electrons. The molecule has 1 heterocycles. The largest absolute Gasteiger partial charge is 0.497 e. The van der Waals surface area contributed by atoms with Gasteiger partial charge in [0.15, 0.2) is 0 Å². The van der Waals surface area contributed by atoms with Crippen molar-refractivity contribution in [3.05, 3.63) is 29.8 Å². The second-order valence-corrected chi connectivity index (χ2v) is 4.27. The second-order valence-electron chi connectivity index (χ2n) is 4.27. The third-order valence-corrected chi connectivity index (χ3v) is 3.19. The summed E-state index contributed by atoms with van der Waals surface area (Å²) in [7, 11) is 1.65. The molecule has 2 rings (SSSR count). The zero-order valence-electron chi connectivity index (χ0n) is 9.65. The highest BCUT2D eigenvalue weighted by Gasteiger charge is 2.22. The van der Waals surface area contributed by atoms with Gasteiger partial charge in [-0.2, -0.15) is 0 Å². The fourth-order valence-corrected chi connectivity index (χ4v) is 2.18. The Morgan fingerprint density at radius 2 is 2.06 bits per heavy atom. The van der Waals surface area contributed by atoms with E-state index in [0.29, 0.717) is 0 Å². The van der Waals surface area contributed by atoms with Gasteiger partial charge in [0.2, 0.25) is 0 Å². The lowest BCUT2D eigenvalue weighted by Crippen LogP contribution is -2.38. The molecule has 2 N–H and O–H groups in total. The van der Waals surface area contributed by atoms with Crippen molar-refractivity contribution in [2.45, 2.75) is 31.4 Å². The molecule has 0 aromatic heterocycles. The zero-order valence-corrected chi connectivity index (χ0v) is 9.65. The maximum Gasteiger partial charge on any atom is 0.118 e. The van der Waals surface area contributed by atoms with Crippen molar-refractivity contribution >= 4 is 0 Å². The number of methoxy groups -OCH3 is 1. The van der Waals surface area contributed by atoms with E-state index in [0.717, 1.165) is 24.3 Å². The molecule has 1 aliphatic heterocycles. The van der Waals surface area contributed by atoms with Crippen molar-refractivity contribution in [2.24, 2.45) is 0 Å². The monoisotopic (exact) mass is 221 g/mol. The maximum atomic E-state index is 10.2. The van der Waals surface area contributed by atoms with E-state index in [4.69, 9.17) is 4.74 Å². The van der Waals surface area contributed by atoms with Crippen molar-refractivity contribution in [2.75, 3.05) is 13.7 Å². The summed E-state index contributed by atoms with van der Waals surface area (Å²) in [6.07, 6.45) is 3.05. The Bertz CT molecular complexity index is 317. The van der Waals surface area contributed by atoms with Crippen molar-refractivity contribution in [1.29, 1.82) is 0 Å². The molecule has 3 heteroatoms. The minimum Gasteiger partial charge on any atom is -0.497 e. The molecule has 0 bridgehead atoms. The van der Waals surface area contributed by atoms with Gasteiger partial charge >= 0.3 is 0 Å². The first-order valence-electron chi connectivity index (χ1n) is 5.86. The molecule has 3 nitrogen and oxygen atoms in total. The molecule has 0 radical (unpaired) electrons. The number of hydrogen-bond donors (Lipinski definition) is 2. The van der Waals surface area contributed by atoms with Crippen LogP contribution in [-0.2, 0) is 0 Å². The van der Waals surface area contributed by atoms with Crippen LogP contribution in [0.4, 0.5) is 0 Å². The number of piperidine rings is 1. The quantitative estimate of drug-likeness (QED) is 0.818. The summed E-state index contributed by atoms with van der Waals surface area (Å²) < 4.78 is 5.10. The van der Waals surface area contributed by atoms with Crippen LogP contribution in [0.25, 0.3) is 0 Å². The van der Waals surface area contributed by atoms with E-state index in [1.54, 1.807) is 7.11 Å². The summed E-state index contributed by atoms with van der Waals surface area (Å²) in [6, 6.07) is 7.84. The molecule has 1 aliphatic rings. The van der Waals surface area contributed by atoms with E-state index >= 15 is 0 Å². The van der Waals surface area contributed by atoms with Gasteiger partial charge in [-0.1, -0.05) is 18.6 Å². The zero-order chi connectivity index (χ0) is 11.4. The highest BCUT2D eigenvalue weighted by molar-refractivity contribution is 5.29. The number of aliphatic hydroxyl groups excluding tert-OH is 1. The summed E-state index contributed by atoms with van der Waals surface area (Å²) in [5.41, 5.74) is 0.959. The van der Waals surface area contributed by atoms with Crippen LogP contribution in [0.3, 0.4) is 0 Å². The Morgan fingerprint density at radius 3 is 2.62 bits per heavy atom. The Balaban J connectivity index is 2.04. The van der Waals surface area contributed by atoms with Crippen molar-refractivity contribution < 1.29 is 9.84 Å². The fourth-order valence-electron chi connectivity index (χ4n) is 2.18. The van der Waals surface area contributed by atoms with Gasteiger partial charge in [-0.05, 0) is 37.1 Å². The molecular formula is C13H19NO2. The Labute approximate surface area is 96.4 Å². The smallest absolute Gasteiger partial charge is 0.118 e. The van der Waals surface area contributed by atoms with Gasteiger partial charge in [0.25, 0.3) is 0 Å². The van der Waals surface area contributed by atoms with Gasteiger partial charge in [0.05, 0.1) is 13.2 Å². The Kier molecular flexibility index (Phi) is 3.80. The highest BCUT2D eigenvalue weighted by atomic mass is 16.5. The average molecular weight is 221 g/mol. The van der Waals surface area contributed by atoms with E-state index in [1.807, 2.05) is 24.3 Å². The molecule has 1 aromatic rings. The average Bonchev–Trinajstić information content (AvgIpc) is 2.39. The molecule has 1 saturated heterocycles. The van der Waals surface area contributed by atoms with Crippen LogP contribution in [0.1, 0.15) is 30.9 Å². The van der Waals surface area contributed by atoms with Crippen molar-refractivity contribution in [3.8, 4) is 5.75 Å². The van der Waals surface area contributed by atoms with E-state index < -0.39 is 6.10 Å². The van der Waals surface area contributed by atoms with Crippen LogP contribution >= 0.6 is 0 Å². The van der Waals surface area contributed by atoms with E-state index in [9.17, 15) is 5.11 Å². The van der Waals surface area contributed by atoms with Crippen molar-refractivity contribution in [1.82, 2.24) is 5.32 Å². The van der Waals surface area contributed by atoms with E-state index in [2.05, 4.69) is 5.32 Å². The third-order valence-electron chi connectivity index (χ3n) is 3.19. The van der Waals surface area contributed by atoms with E-state index in [1.165, 1.54) is 12.8 Å². The first-order chi connectivity index (χ1) is 7.81. The van der Waals surface area contributed by atoms with Gasteiger partial charge in [-0.3, -0.25) is 0 Å². The minimum atomic E-state index is -0.411. The molecule has 16 heavy (non-hydrogen) atoms. The van der Waals surface area contributed by atoms with Gasteiger partial charge in [0, 0.05) is 6.04 Å². The Morgan fingerprint density at radius 1 is 1.31 bits per heavy atom. The van der Waals surface area contributed by atoms with Crippen molar-refractivity contribution in [3.63, 3.8) is 0 Å². The van der Waals surface area contributed by atoms with Crippen LogP contribution < -0.4 is 10.1 Å². The molecule has 0 amide bonds. The molecule has 2 unspecified atom stereocenters. The first kappa shape index (κ1) is 11.4. The SMILES string of the molecule is COc1ccc(C(O)C2CCCCN2)cc1. The lowest BCUT2D eigenvalue weighted by Gasteiger charge is -2.28. The summed E-state index contributed by atoms with van der Waals surface area (Å²) in [4.78, 5) is 0. The fraction of sp³-hybridized carbons (Fsp3) is 0.538. The molecule has 0 spiro atoms. The molecule has 1 fully saturated rings. The topological polar surface area (TPSA) is 41.5 Å². The molecule has 0 aliphatic carbocycles. The Hall–Kier alpha value is -1.06. The normalized spacial score (nSPS) is 22.8. The summed E-state index contributed by atoms with van der Waals surface area (Å²) in [6.45, 7) is 1.01. The number of nitrogens with one attached hydrogen (secondary N) is 1. The van der Waals surface area contributed by atoms with Crippen LogP contribution in [0.2, 0.25) is 0 Å². The van der Waals surface area contributed by atoms with Gasteiger partial charge in [0.1, 0.15) is 5.75 Å². The number of benzene rings is 1. The molecule has 2 atom stereocenters. The van der Waals surface area contributed by atoms with Crippen LogP contribution in [0, 0.1) is 0 Å². The highest BCUT2D eigenvalue weighted by Crippen LogP contribution is 2.24.